The van der Waals surface area contributed by atoms with Crippen molar-refractivity contribution >= 4 is 26.9 Å². The number of thiol groups is 1. The summed E-state index contributed by atoms with van der Waals surface area (Å²) in [6.07, 6.45) is 0. The van der Waals surface area contributed by atoms with Crippen molar-refractivity contribution in [2.75, 3.05) is 0 Å². The highest BCUT2D eigenvalue weighted by molar-refractivity contribution is 9.08. The first kappa shape index (κ1) is 11.6. The second-order valence-electron chi connectivity index (χ2n) is 1.86. The summed E-state index contributed by atoms with van der Waals surface area (Å²) in [6, 6.07) is 10.3. The number of alkyl halides is 1. The summed E-state index contributed by atoms with van der Waals surface area (Å²) in [6.45, 7) is 0. The maximum Gasteiger partial charge on any atom is 0.254 e. The zero-order valence-electron chi connectivity index (χ0n) is 6.18. The van der Waals surface area contributed by atoms with E-state index in [1.54, 1.807) is 0 Å². The normalized spacial score (nSPS) is 8.92. The molecule has 68 valence electrons. The second-order valence-corrected chi connectivity index (χ2v) is 2.89. The van der Waals surface area contributed by atoms with Gasteiger partial charge in [-0.15, -0.1) is 0 Å². The first-order chi connectivity index (χ1) is 5.66. The lowest BCUT2D eigenvalue weighted by atomic mass is 10.2. The van der Waals surface area contributed by atoms with Gasteiger partial charge in [0.2, 0.25) is 0 Å². The molecule has 3 nitrogen and oxygen atoms in total. The third-order valence-electron chi connectivity index (χ3n) is 0.997. The standard InChI is InChI=1S/C7H7Br.H2O3S/c8-6-7-4-2-1-3-5-7;1-4(2)3/h1-5H,6H2;4H,(H,1,2,3). The van der Waals surface area contributed by atoms with Crippen molar-refractivity contribution in [3.8, 4) is 0 Å². The quantitative estimate of drug-likeness (QED) is 0.454. The molecule has 0 heterocycles. The number of rotatable bonds is 1. The highest BCUT2D eigenvalue weighted by atomic mass is 79.9. The molecule has 0 aliphatic heterocycles. The lowest BCUT2D eigenvalue weighted by Crippen LogP contribution is -1.70. The smallest absolute Gasteiger partial charge is 0.254 e. The van der Waals surface area contributed by atoms with Crippen LogP contribution in [-0.2, 0) is 16.3 Å². The third kappa shape index (κ3) is 7.71. The van der Waals surface area contributed by atoms with Crippen LogP contribution >= 0.6 is 15.9 Å². The Kier molecular flexibility index (Phi) is 7.03. The first-order valence-corrected chi connectivity index (χ1v) is 5.35. The minimum Gasteiger partial charge on any atom is -0.288 e. The molecule has 5 heteroatoms. The zero-order valence-corrected chi connectivity index (χ0v) is 8.66. The highest BCUT2D eigenvalue weighted by Gasteiger charge is 1.81. The van der Waals surface area contributed by atoms with E-state index < -0.39 is 11.0 Å². The molecule has 1 aromatic rings. The van der Waals surface area contributed by atoms with Gasteiger partial charge < -0.3 is 0 Å². The molecule has 0 aromatic heterocycles. The number of hydrogen-bond donors (Lipinski definition) is 2. The van der Waals surface area contributed by atoms with Crippen LogP contribution in [0.2, 0.25) is 0 Å². The Bertz CT molecular complexity index is 263. The van der Waals surface area contributed by atoms with Gasteiger partial charge in [-0.3, -0.25) is 4.55 Å². The molecule has 1 N–H and O–H groups in total. The van der Waals surface area contributed by atoms with Crippen molar-refractivity contribution in [1.82, 2.24) is 0 Å². The van der Waals surface area contributed by atoms with Crippen LogP contribution in [0.25, 0.3) is 0 Å². The fraction of sp³-hybridized carbons (Fsp3) is 0.143. The SMILES string of the molecule is BrCc1ccccc1.O=[SH](=O)O. The summed E-state index contributed by atoms with van der Waals surface area (Å²) in [5.74, 6) is 0. The maximum atomic E-state index is 8.59. The lowest BCUT2D eigenvalue weighted by Gasteiger charge is -1.88. The largest absolute Gasteiger partial charge is 0.288 e. The molecular formula is C7H9BrO3S. The van der Waals surface area contributed by atoms with Crippen LogP contribution in [0.1, 0.15) is 5.56 Å². The van der Waals surface area contributed by atoms with Crippen molar-refractivity contribution in [2.45, 2.75) is 5.33 Å². The van der Waals surface area contributed by atoms with Gasteiger partial charge in [0.15, 0.2) is 0 Å². The first-order valence-electron chi connectivity index (χ1n) is 3.10. The third-order valence-corrected chi connectivity index (χ3v) is 1.64. The summed E-state index contributed by atoms with van der Waals surface area (Å²) < 4.78 is 24.2. The molecule has 0 saturated heterocycles. The van der Waals surface area contributed by atoms with E-state index in [1.807, 2.05) is 18.2 Å². The van der Waals surface area contributed by atoms with E-state index >= 15 is 0 Å². The van der Waals surface area contributed by atoms with Crippen LogP contribution in [0.5, 0.6) is 0 Å². The fourth-order valence-electron chi connectivity index (χ4n) is 0.567. The van der Waals surface area contributed by atoms with Crippen molar-refractivity contribution in [1.29, 1.82) is 0 Å². The van der Waals surface area contributed by atoms with Gasteiger partial charge in [0.1, 0.15) is 0 Å². The van der Waals surface area contributed by atoms with Crippen LogP contribution in [-0.4, -0.2) is 13.0 Å². The minimum absolute atomic E-state index is 0.952. The van der Waals surface area contributed by atoms with Gasteiger partial charge in [0.05, 0.1) is 0 Å². The molecule has 0 spiro atoms. The van der Waals surface area contributed by atoms with E-state index in [-0.39, 0.29) is 0 Å². The molecule has 0 saturated carbocycles. The van der Waals surface area contributed by atoms with E-state index in [2.05, 4.69) is 28.1 Å². The molecule has 1 rings (SSSR count). The van der Waals surface area contributed by atoms with Gasteiger partial charge >= 0.3 is 0 Å². The molecule has 0 unspecified atom stereocenters. The molecule has 1 aromatic carbocycles. The minimum atomic E-state index is -3.12. The summed E-state index contributed by atoms with van der Waals surface area (Å²) in [7, 11) is -3.12. The predicted molar refractivity (Wildman–Crippen MR) is 52.0 cm³/mol. The molecule has 12 heavy (non-hydrogen) atoms. The van der Waals surface area contributed by atoms with E-state index in [1.165, 1.54) is 5.56 Å². The molecule has 0 fully saturated rings. The number of benzene rings is 1. The van der Waals surface area contributed by atoms with Gasteiger partial charge in [-0.1, -0.05) is 46.3 Å². The van der Waals surface area contributed by atoms with Crippen molar-refractivity contribution < 1.29 is 13.0 Å². The highest BCUT2D eigenvalue weighted by Crippen LogP contribution is 2.02. The van der Waals surface area contributed by atoms with Gasteiger partial charge in [-0.05, 0) is 5.56 Å². The van der Waals surface area contributed by atoms with E-state index in [0.717, 1.165) is 5.33 Å². The maximum absolute atomic E-state index is 8.59. The second kappa shape index (κ2) is 7.27. The summed E-state index contributed by atoms with van der Waals surface area (Å²) in [5.41, 5.74) is 1.33. The number of hydrogen-bond acceptors (Lipinski definition) is 2. The Morgan fingerprint density at radius 3 is 1.92 bits per heavy atom. The predicted octanol–water partition coefficient (Wildman–Crippen LogP) is 1.65. The Balaban J connectivity index is 0.000000261. The summed E-state index contributed by atoms with van der Waals surface area (Å²) in [4.78, 5) is 0. The molecule has 0 aliphatic carbocycles. The molecule has 0 bridgehead atoms. The van der Waals surface area contributed by atoms with Crippen LogP contribution in [0.4, 0.5) is 0 Å². The van der Waals surface area contributed by atoms with Crippen molar-refractivity contribution in [2.24, 2.45) is 0 Å². The van der Waals surface area contributed by atoms with Crippen LogP contribution < -0.4 is 0 Å². The van der Waals surface area contributed by atoms with Crippen LogP contribution in [0.3, 0.4) is 0 Å². The summed E-state index contributed by atoms with van der Waals surface area (Å²) in [5, 5.41) is 0.952. The Labute approximate surface area is 81.3 Å². The van der Waals surface area contributed by atoms with Crippen LogP contribution in [0.15, 0.2) is 30.3 Å². The molecule has 0 amide bonds. The Morgan fingerprint density at radius 2 is 1.67 bits per heavy atom. The van der Waals surface area contributed by atoms with Gasteiger partial charge in [-0.25, -0.2) is 8.42 Å². The average molecular weight is 253 g/mol. The van der Waals surface area contributed by atoms with Gasteiger partial charge in [0.25, 0.3) is 11.0 Å². The zero-order chi connectivity index (χ0) is 9.40. The number of halogens is 1. The fourth-order valence-corrected chi connectivity index (χ4v) is 0.941. The van der Waals surface area contributed by atoms with Crippen molar-refractivity contribution in [3.63, 3.8) is 0 Å². The van der Waals surface area contributed by atoms with E-state index in [4.69, 9.17) is 13.0 Å². The van der Waals surface area contributed by atoms with E-state index in [9.17, 15) is 0 Å². The van der Waals surface area contributed by atoms with Crippen LogP contribution in [0, 0.1) is 0 Å². The monoisotopic (exact) mass is 252 g/mol. The molecule has 0 aliphatic rings. The summed E-state index contributed by atoms with van der Waals surface area (Å²) >= 11 is 3.36. The topological polar surface area (TPSA) is 54.4 Å². The lowest BCUT2D eigenvalue weighted by molar-refractivity contribution is 0.509. The Morgan fingerprint density at radius 1 is 1.25 bits per heavy atom. The van der Waals surface area contributed by atoms with E-state index in [0.29, 0.717) is 0 Å². The van der Waals surface area contributed by atoms with Crippen molar-refractivity contribution in [3.05, 3.63) is 35.9 Å². The molecular weight excluding hydrogens is 244 g/mol. The van der Waals surface area contributed by atoms with Gasteiger partial charge in [-0.2, -0.15) is 0 Å². The molecule has 0 atom stereocenters. The molecule has 0 radical (unpaired) electrons. The van der Waals surface area contributed by atoms with Gasteiger partial charge in [0, 0.05) is 5.33 Å². The Hall–Kier alpha value is -0.390. The average Bonchev–Trinajstić information content (AvgIpc) is 2.05.